The number of rotatable bonds is 3. The third kappa shape index (κ3) is 3.60. The summed E-state index contributed by atoms with van der Waals surface area (Å²) in [4.78, 5) is 16.1. The number of carbonyl (C=O) groups excluding carboxylic acids is 1. The summed E-state index contributed by atoms with van der Waals surface area (Å²) in [6, 6.07) is 4.84. The summed E-state index contributed by atoms with van der Waals surface area (Å²) in [5.74, 6) is -0.484. The van der Waals surface area contributed by atoms with E-state index in [1.165, 1.54) is 30.3 Å². The number of fused-ring (bicyclic) bond motifs is 1. The highest BCUT2D eigenvalue weighted by molar-refractivity contribution is 5.92. The number of carbonyl (C=O) groups is 1. The molecule has 3 aromatic rings. The van der Waals surface area contributed by atoms with E-state index in [-0.39, 0.29) is 5.82 Å². The van der Waals surface area contributed by atoms with Crippen molar-refractivity contribution in [2.75, 3.05) is 0 Å². The van der Waals surface area contributed by atoms with Crippen LogP contribution in [0.5, 0.6) is 0 Å². The highest BCUT2D eigenvalue weighted by Gasteiger charge is 2.40. The topological polar surface area (TPSA) is 59.3 Å². The van der Waals surface area contributed by atoms with Gasteiger partial charge in [-0.05, 0) is 30.7 Å². The Bertz CT molecular complexity index is 1070. The van der Waals surface area contributed by atoms with Gasteiger partial charge in [-0.15, -0.1) is 6.42 Å². The molecule has 1 N–H and O–H groups in total. The van der Waals surface area contributed by atoms with E-state index in [9.17, 15) is 22.4 Å². The van der Waals surface area contributed by atoms with Gasteiger partial charge in [0.2, 0.25) is 5.82 Å². The fourth-order valence-electron chi connectivity index (χ4n) is 2.49. The van der Waals surface area contributed by atoms with E-state index in [1.54, 1.807) is 24.4 Å². The second-order valence-corrected chi connectivity index (χ2v) is 5.72. The van der Waals surface area contributed by atoms with Crippen LogP contribution in [0, 0.1) is 25.1 Å². The summed E-state index contributed by atoms with van der Waals surface area (Å²) in [7, 11) is 0. The third-order valence-corrected chi connectivity index (χ3v) is 3.80. The molecule has 1 aromatic carbocycles. The van der Waals surface area contributed by atoms with Crippen molar-refractivity contribution in [3.8, 4) is 23.6 Å². The van der Waals surface area contributed by atoms with Crippen LogP contribution in [-0.2, 0) is 0 Å². The normalized spacial score (nSPS) is 12.6. The number of aryl methyl sites for hydroxylation is 1. The number of benzene rings is 1. The van der Waals surface area contributed by atoms with Crippen molar-refractivity contribution in [3.63, 3.8) is 0 Å². The minimum atomic E-state index is -4.80. The van der Waals surface area contributed by atoms with Crippen molar-refractivity contribution < 1.29 is 22.4 Å². The van der Waals surface area contributed by atoms with E-state index in [1.807, 2.05) is 0 Å². The molecule has 1 unspecified atom stereocenters. The van der Waals surface area contributed by atoms with E-state index < -0.39 is 23.9 Å². The molecule has 0 saturated carbocycles. The van der Waals surface area contributed by atoms with Crippen LogP contribution in [0.2, 0.25) is 0 Å². The van der Waals surface area contributed by atoms with Crippen molar-refractivity contribution in [1.29, 1.82) is 0 Å². The molecule has 0 saturated heterocycles. The van der Waals surface area contributed by atoms with E-state index in [0.29, 0.717) is 22.3 Å². The van der Waals surface area contributed by atoms with Crippen LogP contribution in [-0.4, -0.2) is 32.7 Å². The van der Waals surface area contributed by atoms with E-state index in [2.05, 4.69) is 10.1 Å². The molecule has 1 amide bonds. The molecule has 0 bridgehead atoms. The van der Waals surface area contributed by atoms with Crippen LogP contribution < -0.4 is 5.32 Å². The number of imidazole rings is 1. The number of nitrogens with one attached hydrogen (secondary N) is 1. The standard InChI is InChI=1S/C18H12F4N4O/c1-3-15(18(20,21)22)24-17(27)16-23-9-14-10(2)7-13(25-26(14)16)11-5-4-6-12(19)8-11/h1,4-9,15H,2H3,(H,24,27). The Kier molecular flexibility index (Phi) is 4.57. The molecule has 3 rings (SSSR count). The first kappa shape index (κ1) is 18.4. The van der Waals surface area contributed by atoms with E-state index in [0.717, 1.165) is 4.52 Å². The number of hydrogen-bond acceptors (Lipinski definition) is 3. The molecule has 1 atom stereocenters. The molecular weight excluding hydrogens is 364 g/mol. The molecule has 0 aliphatic carbocycles. The lowest BCUT2D eigenvalue weighted by atomic mass is 10.1. The van der Waals surface area contributed by atoms with Crippen molar-refractivity contribution in [3.05, 3.63) is 53.7 Å². The predicted octanol–water partition coefficient (Wildman–Crippen LogP) is 3.14. The second-order valence-electron chi connectivity index (χ2n) is 5.72. The Labute approximate surface area is 151 Å². The molecule has 0 radical (unpaired) electrons. The van der Waals surface area contributed by atoms with Gasteiger partial charge in [-0.1, -0.05) is 18.1 Å². The van der Waals surface area contributed by atoms with Crippen LogP contribution in [0.3, 0.4) is 0 Å². The SMILES string of the molecule is C#CC(NC(=O)c1ncc2c(C)cc(-c3cccc(F)c3)nn12)C(F)(F)F. The Hall–Kier alpha value is -3.41. The van der Waals surface area contributed by atoms with Crippen molar-refractivity contribution >= 4 is 11.4 Å². The summed E-state index contributed by atoms with van der Waals surface area (Å²) in [5.41, 5.74) is 1.84. The molecule has 0 aliphatic rings. The lowest BCUT2D eigenvalue weighted by molar-refractivity contribution is -0.140. The number of amides is 1. The highest BCUT2D eigenvalue weighted by Crippen LogP contribution is 2.23. The molecular formula is C18H12F4N4O. The van der Waals surface area contributed by atoms with Crippen molar-refractivity contribution in [2.45, 2.75) is 19.1 Å². The first-order valence-electron chi connectivity index (χ1n) is 7.65. The highest BCUT2D eigenvalue weighted by atomic mass is 19.4. The number of halogens is 4. The van der Waals surface area contributed by atoms with Gasteiger partial charge in [-0.25, -0.2) is 13.9 Å². The van der Waals surface area contributed by atoms with E-state index in [4.69, 9.17) is 6.42 Å². The first-order chi connectivity index (χ1) is 12.7. The van der Waals surface area contributed by atoms with Gasteiger partial charge in [0.05, 0.1) is 17.4 Å². The maximum absolute atomic E-state index is 13.5. The molecule has 2 heterocycles. The summed E-state index contributed by atoms with van der Waals surface area (Å²) in [5, 5.41) is 5.92. The molecule has 27 heavy (non-hydrogen) atoms. The Morgan fingerprint density at radius 1 is 1.33 bits per heavy atom. The van der Waals surface area contributed by atoms with Crippen molar-refractivity contribution in [1.82, 2.24) is 19.9 Å². The van der Waals surface area contributed by atoms with Crippen LogP contribution >= 0.6 is 0 Å². The number of hydrogen-bond donors (Lipinski definition) is 1. The number of nitrogens with zero attached hydrogens (tertiary/aromatic N) is 3. The van der Waals surface area contributed by atoms with Gasteiger partial charge >= 0.3 is 6.18 Å². The zero-order chi connectivity index (χ0) is 19.8. The molecule has 0 spiro atoms. The van der Waals surface area contributed by atoms with Gasteiger partial charge in [0.1, 0.15) is 5.82 Å². The van der Waals surface area contributed by atoms with Gasteiger partial charge in [0.25, 0.3) is 5.91 Å². The fourth-order valence-corrected chi connectivity index (χ4v) is 2.49. The number of terminal acetylenes is 1. The Balaban J connectivity index is 2.05. The average Bonchev–Trinajstić information content (AvgIpc) is 3.03. The second kappa shape index (κ2) is 6.72. The van der Waals surface area contributed by atoms with Gasteiger partial charge in [-0.3, -0.25) is 4.79 Å². The van der Waals surface area contributed by atoms with Crippen LogP contribution in [0.15, 0.2) is 36.5 Å². The zero-order valence-corrected chi connectivity index (χ0v) is 13.9. The molecule has 0 fully saturated rings. The molecule has 0 aliphatic heterocycles. The largest absolute Gasteiger partial charge is 0.420 e. The van der Waals surface area contributed by atoms with Gasteiger partial charge in [0.15, 0.2) is 6.04 Å². The van der Waals surface area contributed by atoms with Gasteiger partial charge < -0.3 is 5.32 Å². The Morgan fingerprint density at radius 2 is 2.07 bits per heavy atom. The van der Waals surface area contributed by atoms with Crippen LogP contribution in [0.25, 0.3) is 16.8 Å². The lowest BCUT2D eigenvalue weighted by Gasteiger charge is -2.15. The summed E-state index contributed by atoms with van der Waals surface area (Å²) in [6.45, 7) is 1.71. The molecule has 2 aromatic heterocycles. The van der Waals surface area contributed by atoms with Crippen LogP contribution in [0.1, 0.15) is 16.2 Å². The molecule has 138 valence electrons. The average molecular weight is 376 g/mol. The zero-order valence-electron chi connectivity index (χ0n) is 13.9. The van der Waals surface area contributed by atoms with E-state index >= 15 is 0 Å². The predicted molar refractivity (Wildman–Crippen MR) is 89.3 cm³/mol. The summed E-state index contributed by atoms with van der Waals surface area (Å²) >= 11 is 0. The smallest absolute Gasteiger partial charge is 0.328 e. The Morgan fingerprint density at radius 3 is 2.70 bits per heavy atom. The maximum atomic E-state index is 13.5. The molecule has 9 heteroatoms. The minimum absolute atomic E-state index is 0.330. The maximum Gasteiger partial charge on any atom is 0.420 e. The summed E-state index contributed by atoms with van der Waals surface area (Å²) in [6.07, 6.45) is 1.36. The summed E-state index contributed by atoms with van der Waals surface area (Å²) < 4.78 is 52.9. The minimum Gasteiger partial charge on any atom is -0.328 e. The van der Waals surface area contributed by atoms with Gasteiger partial charge in [0, 0.05) is 5.56 Å². The van der Waals surface area contributed by atoms with Crippen LogP contribution in [0.4, 0.5) is 17.6 Å². The number of aromatic nitrogens is 3. The quantitative estimate of drug-likeness (QED) is 0.564. The fraction of sp³-hybridized carbons (Fsp3) is 0.167. The monoisotopic (exact) mass is 376 g/mol. The molecule has 5 nitrogen and oxygen atoms in total. The van der Waals surface area contributed by atoms with Gasteiger partial charge in [-0.2, -0.15) is 18.3 Å². The lowest BCUT2D eigenvalue weighted by Crippen LogP contribution is -2.44. The third-order valence-electron chi connectivity index (χ3n) is 3.80. The number of alkyl halides is 3. The van der Waals surface area contributed by atoms with Crippen molar-refractivity contribution in [2.24, 2.45) is 0 Å². The first-order valence-corrected chi connectivity index (χ1v) is 7.65.